The van der Waals surface area contributed by atoms with Crippen LogP contribution in [0.15, 0.2) is 0 Å². The van der Waals surface area contributed by atoms with Gasteiger partial charge in [0, 0.05) is 6.04 Å². The van der Waals surface area contributed by atoms with Gasteiger partial charge in [-0.25, -0.2) is 0 Å². The van der Waals surface area contributed by atoms with Gasteiger partial charge < -0.3 is 16.4 Å². The fraction of sp³-hybridized carbons (Fsp3) is 0.727. The minimum absolute atomic E-state index is 0.154. The van der Waals surface area contributed by atoms with Crippen LogP contribution in [0.25, 0.3) is 0 Å². The molecule has 1 rings (SSSR count). The van der Waals surface area contributed by atoms with E-state index in [1.165, 1.54) is 0 Å². The van der Waals surface area contributed by atoms with E-state index in [-0.39, 0.29) is 16.8 Å². The lowest BCUT2D eigenvalue weighted by Gasteiger charge is -2.18. The van der Waals surface area contributed by atoms with Gasteiger partial charge in [-0.15, -0.1) is 0 Å². The van der Waals surface area contributed by atoms with E-state index in [1.807, 2.05) is 6.92 Å². The first kappa shape index (κ1) is 13.9. The van der Waals surface area contributed by atoms with E-state index in [0.29, 0.717) is 12.5 Å². The average Bonchev–Trinajstić information content (AvgIpc) is 3.01. The van der Waals surface area contributed by atoms with Gasteiger partial charge in [-0.1, -0.05) is 19.1 Å². The van der Waals surface area contributed by atoms with Gasteiger partial charge in [0.2, 0.25) is 11.8 Å². The molecule has 0 aliphatic heterocycles. The minimum Gasteiger partial charge on any atom is -0.393 e. The van der Waals surface area contributed by atoms with Gasteiger partial charge in [0.15, 0.2) is 0 Å². The highest BCUT2D eigenvalue weighted by atomic mass is 32.1. The van der Waals surface area contributed by atoms with Crippen molar-refractivity contribution in [3.63, 3.8) is 0 Å². The smallest absolute Gasteiger partial charge is 0.242 e. The molecule has 0 aromatic rings. The lowest BCUT2D eigenvalue weighted by atomic mass is 10.1. The summed E-state index contributed by atoms with van der Waals surface area (Å²) >= 11 is 4.81. The zero-order valence-electron chi connectivity index (χ0n) is 10.2. The monoisotopic (exact) mass is 257 g/mol. The number of carbonyl (C=O) groups is 2. The van der Waals surface area contributed by atoms with E-state index in [4.69, 9.17) is 18.0 Å². The Bertz CT molecular complexity index is 329. The van der Waals surface area contributed by atoms with Gasteiger partial charge in [-0.2, -0.15) is 0 Å². The van der Waals surface area contributed by atoms with Crippen molar-refractivity contribution >= 4 is 29.0 Å². The van der Waals surface area contributed by atoms with E-state index < -0.39 is 12.0 Å². The lowest BCUT2D eigenvalue weighted by Crippen LogP contribution is -2.48. The highest BCUT2D eigenvalue weighted by molar-refractivity contribution is 7.80. The number of thiocarbonyl (C=S) groups is 1. The molecule has 1 fully saturated rings. The fourth-order valence-corrected chi connectivity index (χ4v) is 1.72. The summed E-state index contributed by atoms with van der Waals surface area (Å²) in [5.74, 6) is -0.932. The van der Waals surface area contributed by atoms with E-state index in [0.717, 1.165) is 12.8 Å². The highest BCUT2D eigenvalue weighted by Gasteiger charge is 2.27. The molecule has 96 valence electrons. The highest BCUT2D eigenvalue weighted by Crippen LogP contribution is 2.18. The summed E-state index contributed by atoms with van der Waals surface area (Å²) in [4.78, 5) is 23.6. The van der Waals surface area contributed by atoms with Crippen LogP contribution in [-0.2, 0) is 9.59 Å². The van der Waals surface area contributed by atoms with Crippen LogP contribution >= 0.6 is 12.2 Å². The first-order valence-electron chi connectivity index (χ1n) is 5.85. The molecule has 0 aromatic carbocycles. The Morgan fingerprint density at radius 3 is 2.41 bits per heavy atom. The topological polar surface area (TPSA) is 84.2 Å². The van der Waals surface area contributed by atoms with Crippen LogP contribution in [0.3, 0.4) is 0 Å². The summed E-state index contributed by atoms with van der Waals surface area (Å²) in [7, 11) is 0. The molecule has 1 saturated carbocycles. The van der Waals surface area contributed by atoms with Crippen molar-refractivity contribution in [2.45, 2.75) is 45.2 Å². The average molecular weight is 257 g/mol. The maximum Gasteiger partial charge on any atom is 0.242 e. The van der Waals surface area contributed by atoms with E-state index in [1.54, 1.807) is 6.92 Å². The van der Waals surface area contributed by atoms with E-state index in [9.17, 15) is 9.59 Å². The first-order valence-corrected chi connectivity index (χ1v) is 6.26. The molecule has 0 bridgehead atoms. The molecule has 6 heteroatoms. The Morgan fingerprint density at radius 2 is 2.00 bits per heavy atom. The second-order valence-electron chi connectivity index (χ2n) is 4.38. The second-order valence-corrected chi connectivity index (χ2v) is 4.85. The second kappa shape index (κ2) is 5.95. The molecule has 2 unspecified atom stereocenters. The molecule has 0 saturated heterocycles. The maximum atomic E-state index is 11.8. The number of nitrogens with one attached hydrogen (secondary N) is 2. The quantitative estimate of drug-likeness (QED) is 0.588. The summed E-state index contributed by atoms with van der Waals surface area (Å²) in [6, 6.07) is -0.258. The number of hydrogen-bond acceptors (Lipinski definition) is 3. The van der Waals surface area contributed by atoms with Crippen LogP contribution in [-0.4, -0.2) is 28.9 Å². The molecule has 4 N–H and O–H groups in total. The van der Waals surface area contributed by atoms with Crippen molar-refractivity contribution in [3.8, 4) is 0 Å². The van der Waals surface area contributed by atoms with Crippen molar-refractivity contribution < 1.29 is 9.59 Å². The van der Waals surface area contributed by atoms with Crippen molar-refractivity contribution in [1.29, 1.82) is 0 Å². The summed E-state index contributed by atoms with van der Waals surface area (Å²) in [6.45, 7) is 3.49. The summed E-state index contributed by atoms with van der Waals surface area (Å²) < 4.78 is 0. The first-order chi connectivity index (χ1) is 7.95. The molecule has 17 heavy (non-hydrogen) atoms. The molecule has 1 aliphatic carbocycles. The maximum absolute atomic E-state index is 11.8. The van der Waals surface area contributed by atoms with Crippen LogP contribution in [0.1, 0.15) is 33.1 Å². The van der Waals surface area contributed by atoms with Crippen LogP contribution in [0.4, 0.5) is 0 Å². The molecule has 1 aliphatic rings. The Labute approximate surface area is 107 Å². The van der Waals surface area contributed by atoms with Gasteiger partial charge in [-0.05, 0) is 26.2 Å². The van der Waals surface area contributed by atoms with Crippen molar-refractivity contribution in [2.24, 2.45) is 11.7 Å². The number of rotatable bonds is 6. The van der Waals surface area contributed by atoms with Gasteiger partial charge in [-0.3, -0.25) is 9.59 Å². The Hall–Kier alpha value is -1.17. The standard InChI is InChI=1S/C11H19N3O2S/c1-3-8(9(12)17)11(16)13-6(2)10(15)14-7-4-5-7/h6-8H,3-5H2,1-2H3,(H2,12,17)(H,13,16)(H,14,15). The van der Waals surface area contributed by atoms with Crippen LogP contribution in [0, 0.1) is 5.92 Å². The number of nitrogens with two attached hydrogens (primary N) is 1. The number of amides is 2. The molecule has 2 amide bonds. The van der Waals surface area contributed by atoms with E-state index >= 15 is 0 Å². The zero-order valence-corrected chi connectivity index (χ0v) is 11.0. The van der Waals surface area contributed by atoms with Gasteiger partial charge in [0.25, 0.3) is 0 Å². The number of hydrogen-bond donors (Lipinski definition) is 3. The third-order valence-corrected chi connectivity index (χ3v) is 3.03. The molecular formula is C11H19N3O2S. The Morgan fingerprint density at radius 1 is 1.41 bits per heavy atom. The lowest BCUT2D eigenvalue weighted by molar-refractivity contribution is -0.129. The van der Waals surface area contributed by atoms with E-state index in [2.05, 4.69) is 10.6 Å². The van der Waals surface area contributed by atoms with Crippen molar-refractivity contribution in [3.05, 3.63) is 0 Å². The minimum atomic E-state index is -0.550. The van der Waals surface area contributed by atoms with Gasteiger partial charge >= 0.3 is 0 Å². The summed E-state index contributed by atoms with van der Waals surface area (Å²) in [5.41, 5.74) is 5.46. The predicted molar refractivity (Wildman–Crippen MR) is 69.3 cm³/mol. The fourth-order valence-electron chi connectivity index (χ4n) is 1.45. The van der Waals surface area contributed by atoms with Gasteiger partial charge in [0.05, 0.1) is 10.9 Å². The van der Waals surface area contributed by atoms with Crippen LogP contribution in [0.2, 0.25) is 0 Å². The number of carbonyl (C=O) groups excluding carboxylic acids is 2. The third-order valence-electron chi connectivity index (χ3n) is 2.74. The van der Waals surface area contributed by atoms with Crippen LogP contribution < -0.4 is 16.4 Å². The zero-order chi connectivity index (χ0) is 13.0. The molecule has 0 heterocycles. The Balaban J connectivity index is 2.42. The normalized spacial score (nSPS) is 18.0. The predicted octanol–water partition coefficient (Wildman–Crippen LogP) is 0.0820. The molecule has 0 radical (unpaired) electrons. The largest absolute Gasteiger partial charge is 0.393 e. The summed E-state index contributed by atoms with van der Waals surface area (Å²) in [6.07, 6.45) is 2.59. The van der Waals surface area contributed by atoms with Crippen molar-refractivity contribution in [1.82, 2.24) is 10.6 Å². The van der Waals surface area contributed by atoms with Crippen molar-refractivity contribution in [2.75, 3.05) is 0 Å². The van der Waals surface area contributed by atoms with Crippen LogP contribution in [0.5, 0.6) is 0 Å². The molecule has 2 atom stereocenters. The molecular weight excluding hydrogens is 238 g/mol. The van der Waals surface area contributed by atoms with Gasteiger partial charge in [0.1, 0.15) is 6.04 Å². The molecule has 5 nitrogen and oxygen atoms in total. The molecule has 0 spiro atoms. The SMILES string of the molecule is CCC(C(=O)NC(C)C(=O)NC1CC1)C(N)=S. The summed E-state index contributed by atoms with van der Waals surface area (Å²) in [5, 5.41) is 5.45. The third kappa shape index (κ3) is 4.30. The Kier molecular flexibility index (Phi) is 4.86. The molecule has 0 aromatic heterocycles.